The number of hydrogen-bond acceptors (Lipinski definition) is 3. The van der Waals surface area contributed by atoms with Crippen molar-refractivity contribution in [3.05, 3.63) is 47.5 Å². The number of nitrogens with zero attached hydrogens (tertiary/aromatic N) is 3. The van der Waals surface area contributed by atoms with Gasteiger partial charge in [-0.05, 0) is 6.07 Å². The molecule has 0 aliphatic carbocycles. The monoisotopic (exact) mass is 249 g/mol. The van der Waals surface area contributed by atoms with Gasteiger partial charge in [-0.25, -0.2) is 9.07 Å². The zero-order chi connectivity index (χ0) is 13.0. The molecule has 94 valence electrons. The van der Waals surface area contributed by atoms with Crippen LogP contribution >= 0.6 is 0 Å². The number of aromatic nitrogens is 3. The van der Waals surface area contributed by atoms with Crippen molar-refractivity contribution in [2.75, 3.05) is 0 Å². The number of halogens is 1. The van der Waals surface area contributed by atoms with E-state index in [2.05, 4.69) is 10.3 Å². The van der Waals surface area contributed by atoms with Crippen LogP contribution in [0.2, 0.25) is 0 Å². The first-order valence-corrected chi connectivity index (χ1v) is 5.49. The molecule has 0 aliphatic rings. The van der Waals surface area contributed by atoms with Crippen LogP contribution < -0.4 is 0 Å². The molecule has 6 heteroatoms. The summed E-state index contributed by atoms with van der Waals surface area (Å²) in [6.07, 6.45) is 1.97. The molecule has 0 bridgehead atoms. The molecule has 0 saturated heterocycles. The summed E-state index contributed by atoms with van der Waals surface area (Å²) < 4.78 is 14.9. The summed E-state index contributed by atoms with van der Waals surface area (Å²) in [6.45, 7) is 0.284. The third-order valence-electron chi connectivity index (χ3n) is 2.47. The van der Waals surface area contributed by atoms with Gasteiger partial charge >= 0.3 is 5.97 Å². The molecule has 0 radical (unpaired) electrons. The van der Waals surface area contributed by atoms with E-state index in [1.165, 1.54) is 10.7 Å². The zero-order valence-corrected chi connectivity index (χ0v) is 9.58. The highest BCUT2D eigenvalue weighted by molar-refractivity contribution is 5.66. The fourth-order valence-electron chi connectivity index (χ4n) is 1.57. The van der Waals surface area contributed by atoms with Crippen LogP contribution in [-0.2, 0) is 17.8 Å². The van der Waals surface area contributed by atoms with Gasteiger partial charge in [0.05, 0.1) is 18.7 Å². The van der Waals surface area contributed by atoms with Crippen molar-refractivity contribution in [1.82, 2.24) is 15.0 Å². The van der Waals surface area contributed by atoms with Gasteiger partial charge in [0.15, 0.2) is 0 Å². The minimum atomic E-state index is -0.876. The summed E-state index contributed by atoms with van der Waals surface area (Å²) in [5.74, 6) is -1.17. The van der Waals surface area contributed by atoms with Crippen molar-refractivity contribution in [1.29, 1.82) is 0 Å². The smallest absolute Gasteiger partial charge is 0.303 e. The molecule has 18 heavy (non-hydrogen) atoms. The van der Waals surface area contributed by atoms with E-state index >= 15 is 0 Å². The Kier molecular flexibility index (Phi) is 3.66. The lowest BCUT2D eigenvalue weighted by atomic mass is 10.2. The Balaban J connectivity index is 2.02. The quantitative estimate of drug-likeness (QED) is 0.871. The van der Waals surface area contributed by atoms with E-state index in [0.717, 1.165) is 0 Å². The zero-order valence-electron chi connectivity index (χ0n) is 9.58. The van der Waals surface area contributed by atoms with Crippen molar-refractivity contribution in [3.8, 4) is 0 Å². The summed E-state index contributed by atoms with van der Waals surface area (Å²) in [6, 6.07) is 6.44. The number of hydrogen-bond donors (Lipinski definition) is 1. The molecule has 1 aromatic heterocycles. The molecule has 1 N–H and O–H groups in total. The maximum absolute atomic E-state index is 13.4. The van der Waals surface area contributed by atoms with Crippen molar-refractivity contribution in [3.63, 3.8) is 0 Å². The van der Waals surface area contributed by atoms with E-state index < -0.39 is 5.97 Å². The van der Waals surface area contributed by atoms with E-state index in [1.807, 2.05) is 0 Å². The van der Waals surface area contributed by atoms with Gasteiger partial charge in [0.2, 0.25) is 0 Å². The van der Waals surface area contributed by atoms with E-state index in [4.69, 9.17) is 5.11 Å². The second kappa shape index (κ2) is 5.39. The van der Waals surface area contributed by atoms with Crippen molar-refractivity contribution >= 4 is 5.97 Å². The number of carboxylic acids is 1. The molecule has 0 fully saturated rings. The third-order valence-corrected chi connectivity index (χ3v) is 2.47. The Morgan fingerprint density at radius 1 is 1.39 bits per heavy atom. The minimum absolute atomic E-state index is 0.0123. The average molecular weight is 249 g/mol. The molecule has 0 saturated carbocycles. The lowest BCUT2D eigenvalue weighted by molar-refractivity contribution is -0.136. The molecule has 1 aromatic carbocycles. The van der Waals surface area contributed by atoms with Crippen LogP contribution in [0.5, 0.6) is 0 Å². The van der Waals surface area contributed by atoms with Gasteiger partial charge in [0, 0.05) is 18.2 Å². The highest BCUT2D eigenvalue weighted by atomic mass is 19.1. The predicted octanol–water partition coefficient (Wildman–Crippen LogP) is 1.48. The van der Waals surface area contributed by atoms with Gasteiger partial charge in [-0.3, -0.25) is 4.79 Å². The Morgan fingerprint density at radius 2 is 2.17 bits per heavy atom. The van der Waals surface area contributed by atoms with E-state index in [0.29, 0.717) is 17.7 Å². The van der Waals surface area contributed by atoms with Gasteiger partial charge < -0.3 is 5.11 Å². The normalized spacial score (nSPS) is 10.5. The first-order valence-electron chi connectivity index (χ1n) is 5.49. The molecule has 5 nitrogen and oxygen atoms in total. The molecule has 0 aliphatic heterocycles. The van der Waals surface area contributed by atoms with Crippen LogP contribution in [0.1, 0.15) is 17.7 Å². The van der Waals surface area contributed by atoms with Crippen LogP contribution in [-0.4, -0.2) is 26.1 Å². The second-order valence-corrected chi connectivity index (χ2v) is 3.89. The van der Waals surface area contributed by atoms with Gasteiger partial charge in [-0.2, -0.15) is 0 Å². The molecule has 0 unspecified atom stereocenters. The first-order chi connectivity index (χ1) is 8.65. The topological polar surface area (TPSA) is 68.0 Å². The molecule has 2 aromatic rings. The first kappa shape index (κ1) is 12.2. The maximum atomic E-state index is 13.4. The molecule has 0 amide bonds. The van der Waals surface area contributed by atoms with Crippen LogP contribution in [0.25, 0.3) is 0 Å². The van der Waals surface area contributed by atoms with E-state index in [1.54, 1.807) is 24.4 Å². The summed E-state index contributed by atoms with van der Waals surface area (Å²) in [5, 5.41) is 16.2. The van der Waals surface area contributed by atoms with Crippen LogP contribution in [0.4, 0.5) is 4.39 Å². The minimum Gasteiger partial charge on any atom is -0.481 e. The highest BCUT2D eigenvalue weighted by Gasteiger charge is 2.06. The molecule has 1 heterocycles. The Labute approximate surface area is 103 Å². The number of carbonyl (C=O) groups is 1. The molecule has 2 rings (SSSR count). The summed E-state index contributed by atoms with van der Waals surface area (Å²) >= 11 is 0. The number of aliphatic carboxylic acids is 1. The Bertz CT molecular complexity index is 554. The lowest BCUT2D eigenvalue weighted by Crippen LogP contribution is -2.02. The number of benzene rings is 1. The fraction of sp³-hybridized carbons (Fsp3) is 0.250. The number of carboxylic acid groups (broad SMARTS) is 1. The molecule has 0 atom stereocenters. The number of aryl methyl sites for hydroxylation is 1. The lowest BCUT2D eigenvalue weighted by Gasteiger charge is -2.01. The maximum Gasteiger partial charge on any atom is 0.303 e. The Morgan fingerprint density at radius 3 is 2.89 bits per heavy atom. The summed E-state index contributed by atoms with van der Waals surface area (Å²) in [7, 11) is 0. The van der Waals surface area contributed by atoms with Crippen LogP contribution in [0.15, 0.2) is 30.5 Å². The van der Waals surface area contributed by atoms with Crippen molar-refractivity contribution < 1.29 is 14.3 Å². The van der Waals surface area contributed by atoms with Gasteiger partial charge in [0.25, 0.3) is 0 Å². The van der Waals surface area contributed by atoms with Crippen LogP contribution in [0, 0.1) is 5.82 Å². The SMILES string of the molecule is O=C(O)CCc1cn(Cc2ccccc2F)nn1. The van der Waals surface area contributed by atoms with Crippen LogP contribution in [0.3, 0.4) is 0 Å². The van der Waals surface area contributed by atoms with E-state index in [9.17, 15) is 9.18 Å². The van der Waals surface area contributed by atoms with Crippen molar-refractivity contribution in [2.45, 2.75) is 19.4 Å². The summed E-state index contributed by atoms with van der Waals surface area (Å²) in [4.78, 5) is 10.4. The van der Waals surface area contributed by atoms with Crippen molar-refractivity contribution in [2.24, 2.45) is 0 Å². The van der Waals surface area contributed by atoms with Gasteiger partial charge in [-0.1, -0.05) is 23.4 Å². The Hall–Kier alpha value is -2.24. The second-order valence-electron chi connectivity index (χ2n) is 3.89. The van der Waals surface area contributed by atoms with Gasteiger partial charge in [0.1, 0.15) is 5.82 Å². The molecular formula is C12H12FN3O2. The largest absolute Gasteiger partial charge is 0.481 e. The average Bonchev–Trinajstić information content (AvgIpc) is 2.77. The highest BCUT2D eigenvalue weighted by Crippen LogP contribution is 2.08. The fourth-order valence-corrected chi connectivity index (χ4v) is 1.57. The molecule has 0 spiro atoms. The predicted molar refractivity (Wildman–Crippen MR) is 61.5 cm³/mol. The van der Waals surface area contributed by atoms with Gasteiger partial charge in [-0.15, -0.1) is 5.10 Å². The summed E-state index contributed by atoms with van der Waals surface area (Å²) in [5.41, 5.74) is 1.11. The standard InChI is InChI=1S/C12H12FN3O2/c13-11-4-2-1-3-9(11)7-16-8-10(14-15-16)5-6-12(17)18/h1-4,8H,5-7H2,(H,17,18). The van der Waals surface area contributed by atoms with E-state index in [-0.39, 0.29) is 18.8 Å². The third kappa shape index (κ3) is 3.13. The number of rotatable bonds is 5. The molecular weight excluding hydrogens is 237 g/mol.